The first-order valence-electron chi connectivity index (χ1n) is 7.35. The first kappa shape index (κ1) is 18.3. The molecule has 0 aromatic heterocycles. The van der Waals surface area contributed by atoms with E-state index in [1.807, 2.05) is 19.1 Å². The topological polar surface area (TPSA) is 20.3 Å². The van der Waals surface area contributed by atoms with Crippen molar-refractivity contribution in [1.29, 1.82) is 0 Å². The van der Waals surface area contributed by atoms with Gasteiger partial charge in [-0.25, -0.2) is 0 Å². The van der Waals surface area contributed by atoms with Crippen LogP contribution in [0.2, 0.25) is 5.02 Å². The smallest absolute Gasteiger partial charge is 0.339 e. The second kappa shape index (κ2) is 7.26. The van der Waals surface area contributed by atoms with Crippen molar-refractivity contribution >= 4 is 17.5 Å². The van der Waals surface area contributed by atoms with Gasteiger partial charge in [-0.2, -0.15) is 13.2 Å². The van der Waals surface area contributed by atoms with Gasteiger partial charge < -0.3 is 4.90 Å². The monoisotopic (exact) mass is 355 g/mol. The van der Waals surface area contributed by atoms with E-state index in [9.17, 15) is 18.0 Å². The highest BCUT2D eigenvalue weighted by molar-refractivity contribution is 6.30. The minimum Gasteiger partial charge on any atom is -0.339 e. The molecular weight excluding hydrogens is 339 g/mol. The summed E-state index contributed by atoms with van der Waals surface area (Å²) in [6.07, 6.45) is -4.50. The zero-order valence-electron chi connectivity index (χ0n) is 13.3. The molecule has 128 valence electrons. The molecule has 0 saturated carbocycles. The van der Waals surface area contributed by atoms with Crippen molar-refractivity contribution in [2.24, 2.45) is 0 Å². The van der Waals surface area contributed by atoms with Gasteiger partial charge in [-0.15, -0.1) is 0 Å². The summed E-state index contributed by atoms with van der Waals surface area (Å²) in [7, 11) is 1.63. The standard InChI is InChI=1S/C18H17ClF3NO/c1-12(14-6-8-16(19)9-7-14)23(2)17(24)11-13-4-3-5-15(10-13)18(20,21)22/h3-10,12H,11H2,1-2H3. The number of hydrogen-bond acceptors (Lipinski definition) is 1. The van der Waals surface area contributed by atoms with E-state index in [-0.39, 0.29) is 18.4 Å². The molecule has 2 nitrogen and oxygen atoms in total. The second-order valence-corrected chi connectivity index (χ2v) is 6.04. The van der Waals surface area contributed by atoms with Gasteiger partial charge in [-0.3, -0.25) is 4.79 Å². The third kappa shape index (κ3) is 4.51. The molecule has 6 heteroatoms. The van der Waals surface area contributed by atoms with Crippen molar-refractivity contribution in [2.45, 2.75) is 25.6 Å². The van der Waals surface area contributed by atoms with E-state index in [1.54, 1.807) is 19.2 Å². The number of likely N-dealkylation sites (N-methyl/N-ethyl adjacent to an activating group) is 1. The fourth-order valence-electron chi connectivity index (χ4n) is 2.34. The number of amides is 1. The summed E-state index contributed by atoms with van der Waals surface area (Å²) in [4.78, 5) is 13.9. The van der Waals surface area contributed by atoms with Crippen LogP contribution in [0, 0.1) is 0 Å². The van der Waals surface area contributed by atoms with Crippen LogP contribution in [0.25, 0.3) is 0 Å². The Morgan fingerprint density at radius 1 is 1.17 bits per heavy atom. The maximum atomic E-state index is 12.7. The molecule has 0 aliphatic carbocycles. The van der Waals surface area contributed by atoms with Gasteiger partial charge in [0.15, 0.2) is 0 Å². The zero-order valence-corrected chi connectivity index (χ0v) is 14.0. The van der Waals surface area contributed by atoms with Crippen molar-refractivity contribution in [3.8, 4) is 0 Å². The second-order valence-electron chi connectivity index (χ2n) is 5.61. The van der Waals surface area contributed by atoms with Gasteiger partial charge in [-0.1, -0.05) is 41.9 Å². The van der Waals surface area contributed by atoms with Gasteiger partial charge in [0.25, 0.3) is 0 Å². The summed E-state index contributed by atoms with van der Waals surface area (Å²) in [5.74, 6) is -0.253. The molecule has 2 aromatic carbocycles. The quantitative estimate of drug-likeness (QED) is 0.745. The van der Waals surface area contributed by atoms with E-state index in [0.717, 1.165) is 17.7 Å². The number of nitrogens with zero attached hydrogens (tertiary/aromatic N) is 1. The Labute approximate surface area is 143 Å². The summed E-state index contributed by atoms with van der Waals surface area (Å²) in [6.45, 7) is 1.85. The Morgan fingerprint density at radius 3 is 2.38 bits per heavy atom. The predicted molar refractivity (Wildman–Crippen MR) is 87.8 cm³/mol. The van der Waals surface area contributed by atoms with Crippen LogP contribution in [-0.2, 0) is 17.4 Å². The van der Waals surface area contributed by atoms with E-state index < -0.39 is 11.7 Å². The van der Waals surface area contributed by atoms with E-state index in [2.05, 4.69) is 0 Å². The normalized spacial score (nSPS) is 12.8. The van der Waals surface area contributed by atoms with Gasteiger partial charge >= 0.3 is 6.18 Å². The number of rotatable bonds is 4. The van der Waals surface area contributed by atoms with Crippen LogP contribution < -0.4 is 0 Å². The number of benzene rings is 2. The van der Waals surface area contributed by atoms with E-state index in [1.165, 1.54) is 17.0 Å². The average molecular weight is 356 g/mol. The maximum absolute atomic E-state index is 12.7. The molecule has 24 heavy (non-hydrogen) atoms. The molecule has 0 bridgehead atoms. The fraction of sp³-hybridized carbons (Fsp3) is 0.278. The minimum absolute atomic E-state index is 0.0850. The lowest BCUT2D eigenvalue weighted by Crippen LogP contribution is -2.31. The molecule has 0 aliphatic heterocycles. The van der Waals surface area contributed by atoms with Crippen molar-refractivity contribution in [1.82, 2.24) is 4.90 Å². The van der Waals surface area contributed by atoms with Crippen LogP contribution in [0.3, 0.4) is 0 Å². The summed E-state index contributed by atoms with van der Waals surface area (Å²) in [6, 6.07) is 11.7. The number of carbonyl (C=O) groups excluding carboxylic acids is 1. The lowest BCUT2D eigenvalue weighted by atomic mass is 10.0. The van der Waals surface area contributed by atoms with Gasteiger partial charge in [0.05, 0.1) is 18.0 Å². The van der Waals surface area contributed by atoms with Crippen LogP contribution in [0.1, 0.15) is 29.7 Å². The van der Waals surface area contributed by atoms with Gasteiger partial charge in [-0.05, 0) is 36.2 Å². The summed E-state index contributed by atoms with van der Waals surface area (Å²) in [5.41, 5.74) is 0.491. The molecule has 0 saturated heterocycles. The summed E-state index contributed by atoms with van der Waals surface area (Å²) in [5, 5.41) is 0.601. The summed E-state index contributed by atoms with van der Waals surface area (Å²) >= 11 is 5.84. The number of hydrogen-bond donors (Lipinski definition) is 0. The highest BCUT2D eigenvalue weighted by atomic mass is 35.5. The third-order valence-electron chi connectivity index (χ3n) is 3.94. The molecule has 2 aromatic rings. The van der Waals surface area contributed by atoms with Gasteiger partial charge in [0, 0.05) is 12.1 Å². The van der Waals surface area contributed by atoms with Gasteiger partial charge in [0.2, 0.25) is 5.91 Å². The molecule has 0 aliphatic rings. The summed E-state index contributed by atoms with van der Waals surface area (Å²) < 4.78 is 38.2. The van der Waals surface area contributed by atoms with Crippen molar-refractivity contribution in [3.05, 3.63) is 70.2 Å². The Bertz CT molecular complexity index is 713. The first-order chi connectivity index (χ1) is 11.2. The molecule has 1 atom stereocenters. The Morgan fingerprint density at radius 2 is 1.79 bits per heavy atom. The molecule has 2 rings (SSSR count). The molecule has 0 fully saturated rings. The van der Waals surface area contributed by atoms with Crippen molar-refractivity contribution in [2.75, 3.05) is 7.05 Å². The zero-order chi connectivity index (χ0) is 17.9. The maximum Gasteiger partial charge on any atom is 0.416 e. The third-order valence-corrected chi connectivity index (χ3v) is 4.19. The highest BCUT2D eigenvalue weighted by Crippen LogP contribution is 2.30. The minimum atomic E-state index is -4.42. The molecule has 0 N–H and O–H groups in total. The Hall–Kier alpha value is -2.01. The Kier molecular flexibility index (Phi) is 5.54. The molecule has 0 spiro atoms. The first-order valence-corrected chi connectivity index (χ1v) is 7.73. The lowest BCUT2D eigenvalue weighted by molar-refractivity contribution is -0.138. The predicted octanol–water partition coefficient (Wildman–Crippen LogP) is 5.12. The highest BCUT2D eigenvalue weighted by Gasteiger charge is 2.30. The number of alkyl halides is 3. The van der Waals surface area contributed by atoms with Crippen molar-refractivity contribution in [3.63, 3.8) is 0 Å². The van der Waals surface area contributed by atoms with Crippen molar-refractivity contribution < 1.29 is 18.0 Å². The van der Waals surface area contributed by atoms with E-state index in [0.29, 0.717) is 10.6 Å². The molecule has 1 amide bonds. The van der Waals surface area contributed by atoms with Crippen LogP contribution in [0.4, 0.5) is 13.2 Å². The van der Waals surface area contributed by atoms with Crippen LogP contribution in [-0.4, -0.2) is 17.9 Å². The van der Waals surface area contributed by atoms with Crippen LogP contribution >= 0.6 is 11.6 Å². The largest absolute Gasteiger partial charge is 0.416 e. The van der Waals surface area contributed by atoms with E-state index >= 15 is 0 Å². The molecular formula is C18H17ClF3NO. The SMILES string of the molecule is CC(c1ccc(Cl)cc1)N(C)C(=O)Cc1cccc(C(F)(F)F)c1. The average Bonchev–Trinajstić information content (AvgIpc) is 2.53. The molecule has 1 unspecified atom stereocenters. The number of carbonyl (C=O) groups is 1. The number of halogens is 4. The van der Waals surface area contributed by atoms with Gasteiger partial charge in [0.1, 0.15) is 0 Å². The molecule has 0 heterocycles. The molecule has 0 radical (unpaired) electrons. The van der Waals surface area contributed by atoms with E-state index in [4.69, 9.17) is 11.6 Å². The van der Waals surface area contributed by atoms with Crippen LogP contribution in [0.15, 0.2) is 48.5 Å². The Balaban J connectivity index is 2.10. The van der Waals surface area contributed by atoms with Crippen LogP contribution in [0.5, 0.6) is 0 Å². The lowest BCUT2D eigenvalue weighted by Gasteiger charge is -2.25. The fourth-order valence-corrected chi connectivity index (χ4v) is 2.46.